The lowest BCUT2D eigenvalue weighted by Gasteiger charge is -2.25. The van der Waals surface area contributed by atoms with E-state index in [2.05, 4.69) is 0 Å². The molecule has 3 aromatic rings. The molecule has 158 valence electrons. The van der Waals surface area contributed by atoms with Crippen molar-refractivity contribution in [1.29, 1.82) is 0 Å². The number of carbonyl (C=O) groups is 2. The van der Waals surface area contributed by atoms with Crippen molar-refractivity contribution in [2.24, 2.45) is 0 Å². The SMILES string of the molecule is CCOc1ccc(/C(O)=C2/C(=O)C(=O)N(Cc3cccs3)C2c2ccc(F)cc2)cc1. The van der Waals surface area contributed by atoms with E-state index in [4.69, 9.17) is 4.74 Å². The molecule has 1 fully saturated rings. The molecule has 1 aromatic heterocycles. The smallest absolute Gasteiger partial charge is 0.295 e. The lowest BCUT2D eigenvalue weighted by atomic mass is 9.95. The van der Waals surface area contributed by atoms with Crippen LogP contribution >= 0.6 is 11.3 Å². The highest BCUT2D eigenvalue weighted by Crippen LogP contribution is 2.40. The lowest BCUT2D eigenvalue weighted by molar-refractivity contribution is -0.140. The number of benzene rings is 2. The van der Waals surface area contributed by atoms with Gasteiger partial charge in [-0.1, -0.05) is 18.2 Å². The Kier molecular flexibility index (Phi) is 5.86. The van der Waals surface area contributed by atoms with E-state index in [0.29, 0.717) is 23.5 Å². The second kappa shape index (κ2) is 8.73. The summed E-state index contributed by atoms with van der Waals surface area (Å²) >= 11 is 1.47. The average molecular weight is 437 g/mol. The third-order valence-corrected chi connectivity index (χ3v) is 5.93. The number of ether oxygens (including phenoxy) is 1. The van der Waals surface area contributed by atoms with Crippen LogP contribution in [0.1, 0.15) is 29.0 Å². The summed E-state index contributed by atoms with van der Waals surface area (Å²) in [4.78, 5) is 28.2. The highest BCUT2D eigenvalue weighted by atomic mass is 32.1. The van der Waals surface area contributed by atoms with E-state index < -0.39 is 23.5 Å². The molecule has 1 amide bonds. The molecule has 1 aliphatic rings. The molecule has 5 nitrogen and oxygen atoms in total. The molecule has 4 rings (SSSR count). The molecule has 0 bridgehead atoms. The largest absolute Gasteiger partial charge is 0.507 e. The molecule has 1 unspecified atom stereocenters. The third kappa shape index (κ3) is 4.09. The first kappa shape index (κ1) is 20.8. The molecule has 1 atom stereocenters. The Hall–Kier alpha value is -3.45. The molecule has 7 heteroatoms. The number of Topliss-reactive ketones (excluding diaryl/α,β-unsaturated/α-hetero) is 1. The Bertz CT molecular complexity index is 1120. The number of hydrogen-bond acceptors (Lipinski definition) is 5. The summed E-state index contributed by atoms with van der Waals surface area (Å²) in [6.07, 6.45) is 0. The number of rotatable bonds is 6. The number of halogens is 1. The van der Waals surface area contributed by atoms with Gasteiger partial charge in [-0.3, -0.25) is 9.59 Å². The molecule has 2 heterocycles. The van der Waals surface area contributed by atoms with E-state index in [1.807, 2.05) is 24.4 Å². The summed E-state index contributed by atoms with van der Waals surface area (Å²) in [5.74, 6) is -1.53. The van der Waals surface area contributed by atoms with E-state index in [-0.39, 0.29) is 17.9 Å². The van der Waals surface area contributed by atoms with E-state index in [1.54, 1.807) is 24.3 Å². The van der Waals surface area contributed by atoms with Gasteiger partial charge in [0.25, 0.3) is 11.7 Å². The van der Waals surface area contributed by atoms with E-state index >= 15 is 0 Å². The van der Waals surface area contributed by atoms with Gasteiger partial charge in [0, 0.05) is 10.4 Å². The molecular weight excluding hydrogens is 417 g/mol. The van der Waals surface area contributed by atoms with Crippen LogP contribution in [0.3, 0.4) is 0 Å². The summed E-state index contributed by atoms with van der Waals surface area (Å²) < 4.78 is 19.0. The summed E-state index contributed by atoms with van der Waals surface area (Å²) in [7, 11) is 0. The minimum absolute atomic E-state index is 0.0164. The number of likely N-dealkylation sites (tertiary alicyclic amines) is 1. The molecule has 1 aliphatic heterocycles. The molecule has 0 saturated carbocycles. The summed E-state index contributed by atoms with van der Waals surface area (Å²) in [6.45, 7) is 2.58. The van der Waals surface area contributed by atoms with Crippen molar-refractivity contribution < 1.29 is 23.8 Å². The Labute approximate surface area is 183 Å². The monoisotopic (exact) mass is 437 g/mol. The van der Waals surface area contributed by atoms with Gasteiger partial charge < -0.3 is 14.7 Å². The maximum Gasteiger partial charge on any atom is 0.295 e. The van der Waals surface area contributed by atoms with Gasteiger partial charge in [-0.05, 0) is 60.3 Å². The molecule has 0 radical (unpaired) electrons. The minimum Gasteiger partial charge on any atom is -0.507 e. The van der Waals surface area contributed by atoms with Gasteiger partial charge in [-0.25, -0.2) is 4.39 Å². The van der Waals surface area contributed by atoms with Gasteiger partial charge in [-0.15, -0.1) is 11.3 Å². The Morgan fingerprint density at radius 3 is 2.42 bits per heavy atom. The molecule has 1 saturated heterocycles. The van der Waals surface area contributed by atoms with Crippen LogP contribution in [-0.2, 0) is 16.1 Å². The molecule has 31 heavy (non-hydrogen) atoms. The quantitative estimate of drug-likeness (QED) is 0.338. The lowest BCUT2D eigenvalue weighted by Crippen LogP contribution is -2.28. The third-order valence-electron chi connectivity index (χ3n) is 5.07. The standard InChI is InChI=1S/C24H20FNO4S/c1-2-30-18-11-7-16(8-12-18)22(27)20-21(15-5-9-17(25)10-6-15)26(24(29)23(20)28)14-19-4-3-13-31-19/h3-13,21,27H,2,14H2,1H3/b22-20-. The highest BCUT2D eigenvalue weighted by molar-refractivity contribution is 7.09. The summed E-state index contributed by atoms with van der Waals surface area (Å²) in [5, 5.41) is 12.9. The van der Waals surface area contributed by atoms with Crippen molar-refractivity contribution in [2.45, 2.75) is 19.5 Å². The van der Waals surface area contributed by atoms with E-state index in [1.165, 1.54) is 40.5 Å². The van der Waals surface area contributed by atoms with Crippen molar-refractivity contribution in [3.63, 3.8) is 0 Å². The second-order valence-electron chi connectivity index (χ2n) is 7.02. The second-order valence-corrected chi connectivity index (χ2v) is 8.05. The summed E-state index contributed by atoms with van der Waals surface area (Å²) in [6, 6.07) is 15.2. The Balaban J connectivity index is 1.81. The zero-order chi connectivity index (χ0) is 22.0. The van der Waals surface area contributed by atoms with Crippen LogP contribution in [0.4, 0.5) is 4.39 Å². The fraction of sp³-hybridized carbons (Fsp3) is 0.167. The Morgan fingerprint density at radius 1 is 1.10 bits per heavy atom. The first-order valence-electron chi connectivity index (χ1n) is 9.79. The number of hydrogen-bond donors (Lipinski definition) is 1. The number of thiophene rings is 1. The fourth-order valence-electron chi connectivity index (χ4n) is 3.64. The van der Waals surface area contributed by atoms with Gasteiger partial charge in [0.2, 0.25) is 0 Å². The fourth-order valence-corrected chi connectivity index (χ4v) is 4.34. The zero-order valence-electron chi connectivity index (χ0n) is 16.7. The van der Waals surface area contributed by atoms with E-state index in [0.717, 1.165) is 4.88 Å². The first-order chi connectivity index (χ1) is 15.0. The number of aliphatic hydroxyl groups is 1. The first-order valence-corrected chi connectivity index (χ1v) is 10.7. The van der Waals surface area contributed by atoms with Gasteiger partial charge in [-0.2, -0.15) is 0 Å². The normalized spacial score (nSPS) is 17.9. The van der Waals surface area contributed by atoms with Gasteiger partial charge in [0.05, 0.1) is 24.8 Å². The van der Waals surface area contributed by atoms with Crippen molar-refractivity contribution in [3.8, 4) is 5.75 Å². The van der Waals surface area contributed by atoms with Crippen LogP contribution in [0.25, 0.3) is 5.76 Å². The van der Waals surface area contributed by atoms with Crippen LogP contribution in [0.5, 0.6) is 5.75 Å². The molecular formula is C24H20FNO4S. The molecule has 0 aliphatic carbocycles. The van der Waals surface area contributed by atoms with Gasteiger partial charge in [0.1, 0.15) is 17.3 Å². The number of ketones is 1. The van der Waals surface area contributed by atoms with E-state index in [9.17, 15) is 19.1 Å². The van der Waals surface area contributed by atoms with Crippen molar-refractivity contribution in [1.82, 2.24) is 4.90 Å². The van der Waals surface area contributed by atoms with Crippen LogP contribution in [0, 0.1) is 5.82 Å². The minimum atomic E-state index is -0.825. The van der Waals surface area contributed by atoms with Crippen molar-refractivity contribution >= 4 is 28.8 Å². The predicted octanol–water partition coefficient (Wildman–Crippen LogP) is 4.91. The van der Waals surface area contributed by atoms with Crippen LogP contribution in [-0.4, -0.2) is 28.3 Å². The Morgan fingerprint density at radius 2 is 1.81 bits per heavy atom. The topological polar surface area (TPSA) is 66.8 Å². The summed E-state index contributed by atoms with van der Waals surface area (Å²) in [5.41, 5.74) is 0.923. The van der Waals surface area contributed by atoms with Gasteiger partial charge >= 0.3 is 0 Å². The number of nitrogens with zero attached hydrogens (tertiary/aromatic N) is 1. The molecule has 0 spiro atoms. The molecule has 1 N–H and O–H groups in total. The van der Waals surface area contributed by atoms with Crippen LogP contribution in [0.15, 0.2) is 71.6 Å². The maximum atomic E-state index is 13.5. The number of aliphatic hydroxyl groups excluding tert-OH is 1. The number of amides is 1. The van der Waals surface area contributed by atoms with Gasteiger partial charge in [0.15, 0.2) is 0 Å². The van der Waals surface area contributed by atoms with Crippen LogP contribution in [0.2, 0.25) is 0 Å². The molecule has 2 aromatic carbocycles. The average Bonchev–Trinajstić information content (AvgIpc) is 3.37. The maximum absolute atomic E-state index is 13.5. The zero-order valence-corrected chi connectivity index (χ0v) is 17.6. The highest BCUT2D eigenvalue weighted by Gasteiger charge is 2.46. The number of carbonyl (C=O) groups excluding carboxylic acids is 2. The van der Waals surface area contributed by atoms with Crippen LogP contribution < -0.4 is 4.74 Å². The predicted molar refractivity (Wildman–Crippen MR) is 116 cm³/mol. The van der Waals surface area contributed by atoms with Crippen molar-refractivity contribution in [2.75, 3.05) is 6.61 Å². The van der Waals surface area contributed by atoms with Crippen molar-refractivity contribution in [3.05, 3.63) is 93.4 Å².